The zero-order valence-electron chi connectivity index (χ0n) is 10.2. The lowest BCUT2D eigenvalue weighted by Crippen LogP contribution is -2.45. The van der Waals surface area contributed by atoms with E-state index >= 15 is 0 Å². The van der Waals surface area contributed by atoms with Crippen molar-refractivity contribution >= 4 is 5.91 Å². The Labute approximate surface area is 102 Å². The molecule has 0 radical (unpaired) electrons. The number of piperidine rings is 1. The number of carbonyl (C=O) groups is 1. The van der Waals surface area contributed by atoms with Crippen LogP contribution in [0, 0.1) is 5.41 Å². The molecule has 17 heavy (non-hydrogen) atoms. The number of pyridine rings is 1. The molecule has 0 spiro atoms. The number of hydrogen-bond donors (Lipinski definition) is 2. The van der Waals surface area contributed by atoms with Crippen LogP contribution in [0.15, 0.2) is 24.4 Å². The first-order valence-electron chi connectivity index (χ1n) is 6.10. The van der Waals surface area contributed by atoms with Gasteiger partial charge in [-0.3, -0.25) is 9.78 Å². The molecule has 1 aliphatic heterocycles. The smallest absolute Gasteiger partial charge is 0.226 e. The fourth-order valence-electron chi connectivity index (χ4n) is 2.09. The van der Waals surface area contributed by atoms with Crippen molar-refractivity contribution in [3.8, 4) is 0 Å². The minimum atomic E-state index is -0.222. The molecule has 92 valence electrons. The van der Waals surface area contributed by atoms with Gasteiger partial charge in [0.2, 0.25) is 5.91 Å². The molecule has 0 unspecified atom stereocenters. The Morgan fingerprint density at radius 3 is 2.88 bits per heavy atom. The second-order valence-electron chi connectivity index (χ2n) is 4.81. The lowest BCUT2D eigenvalue weighted by molar-refractivity contribution is -0.131. The standard InChI is InChI=1S/C13H19N3O/c1-13(5-8-14-9-6-13)12(17)16-10-11-4-2-3-7-15-11/h2-4,7,14H,5-6,8-10H2,1H3,(H,16,17). The van der Waals surface area contributed by atoms with Crippen LogP contribution in [0.4, 0.5) is 0 Å². The largest absolute Gasteiger partial charge is 0.350 e. The maximum Gasteiger partial charge on any atom is 0.226 e. The number of nitrogens with zero attached hydrogens (tertiary/aromatic N) is 1. The normalized spacial score (nSPS) is 18.6. The highest BCUT2D eigenvalue weighted by atomic mass is 16.2. The van der Waals surface area contributed by atoms with Gasteiger partial charge in [-0.1, -0.05) is 13.0 Å². The summed E-state index contributed by atoms with van der Waals surface area (Å²) in [6.07, 6.45) is 3.55. The average molecular weight is 233 g/mol. The molecule has 1 amide bonds. The molecule has 4 heteroatoms. The molecule has 2 heterocycles. The highest BCUT2D eigenvalue weighted by Gasteiger charge is 2.34. The number of amides is 1. The molecule has 1 aromatic heterocycles. The maximum absolute atomic E-state index is 12.1. The molecule has 2 rings (SSSR count). The molecule has 0 bridgehead atoms. The van der Waals surface area contributed by atoms with E-state index in [2.05, 4.69) is 15.6 Å². The van der Waals surface area contributed by atoms with E-state index in [-0.39, 0.29) is 11.3 Å². The van der Waals surface area contributed by atoms with Crippen LogP contribution in [-0.2, 0) is 11.3 Å². The SMILES string of the molecule is CC1(C(=O)NCc2ccccn2)CCNCC1. The fourth-order valence-corrected chi connectivity index (χ4v) is 2.09. The topological polar surface area (TPSA) is 54.0 Å². The summed E-state index contributed by atoms with van der Waals surface area (Å²) in [7, 11) is 0. The Morgan fingerprint density at radius 2 is 2.24 bits per heavy atom. The van der Waals surface area contributed by atoms with Gasteiger partial charge in [-0.25, -0.2) is 0 Å². The maximum atomic E-state index is 12.1. The van der Waals surface area contributed by atoms with Gasteiger partial charge in [0.25, 0.3) is 0 Å². The molecule has 1 saturated heterocycles. The average Bonchev–Trinajstić information content (AvgIpc) is 2.38. The van der Waals surface area contributed by atoms with Crippen molar-refractivity contribution in [2.75, 3.05) is 13.1 Å². The van der Waals surface area contributed by atoms with Gasteiger partial charge in [0.15, 0.2) is 0 Å². The molecule has 0 aromatic carbocycles. The summed E-state index contributed by atoms with van der Waals surface area (Å²) in [5, 5.41) is 6.26. The Bertz CT molecular complexity index is 372. The summed E-state index contributed by atoms with van der Waals surface area (Å²) < 4.78 is 0. The van der Waals surface area contributed by atoms with Crippen LogP contribution in [0.2, 0.25) is 0 Å². The van der Waals surface area contributed by atoms with Gasteiger partial charge in [0, 0.05) is 11.6 Å². The predicted octanol–water partition coefficient (Wildman–Crippen LogP) is 1.09. The molecule has 4 nitrogen and oxygen atoms in total. The Hall–Kier alpha value is -1.42. The molecule has 1 fully saturated rings. The van der Waals surface area contributed by atoms with Crippen LogP contribution >= 0.6 is 0 Å². The quantitative estimate of drug-likeness (QED) is 0.821. The number of carbonyl (C=O) groups excluding carboxylic acids is 1. The van der Waals surface area contributed by atoms with Crippen LogP contribution in [0.1, 0.15) is 25.5 Å². The van der Waals surface area contributed by atoms with Gasteiger partial charge in [-0.05, 0) is 38.1 Å². The van der Waals surface area contributed by atoms with Gasteiger partial charge in [-0.2, -0.15) is 0 Å². The Kier molecular flexibility index (Phi) is 3.74. The summed E-state index contributed by atoms with van der Waals surface area (Å²) >= 11 is 0. The van der Waals surface area contributed by atoms with Crippen LogP contribution < -0.4 is 10.6 Å². The van der Waals surface area contributed by atoms with Gasteiger partial charge >= 0.3 is 0 Å². The van der Waals surface area contributed by atoms with E-state index in [9.17, 15) is 4.79 Å². The van der Waals surface area contributed by atoms with Crippen molar-refractivity contribution in [3.05, 3.63) is 30.1 Å². The zero-order valence-corrected chi connectivity index (χ0v) is 10.2. The predicted molar refractivity (Wildman–Crippen MR) is 66.3 cm³/mol. The van der Waals surface area contributed by atoms with Crippen LogP contribution in [-0.4, -0.2) is 24.0 Å². The summed E-state index contributed by atoms with van der Waals surface area (Å²) in [6, 6.07) is 5.73. The number of rotatable bonds is 3. The minimum absolute atomic E-state index is 0.143. The van der Waals surface area contributed by atoms with E-state index < -0.39 is 0 Å². The molecule has 0 aliphatic carbocycles. The zero-order chi connectivity index (χ0) is 12.1. The third kappa shape index (κ3) is 3.03. The molecule has 1 aliphatic rings. The number of aromatic nitrogens is 1. The Morgan fingerprint density at radius 1 is 1.47 bits per heavy atom. The first-order chi connectivity index (χ1) is 8.21. The van der Waals surface area contributed by atoms with E-state index in [1.807, 2.05) is 25.1 Å². The van der Waals surface area contributed by atoms with Crippen molar-refractivity contribution in [2.45, 2.75) is 26.3 Å². The molecule has 1 aromatic rings. The first kappa shape index (κ1) is 12.0. The molecule has 0 saturated carbocycles. The van der Waals surface area contributed by atoms with E-state index in [0.717, 1.165) is 31.6 Å². The second-order valence-corrected chi connectivity index (χ2v) is 4.81. The second kappa shape index (κ2) is 5.27. The van der Waals surface area contributed by atoms with Crippen LogP contribution in [0.25, 0.3) is 0 Å². The van der Waals surface area contributed by atoms with Crippen LogP contribution in [0.3, 0.4) is 0 Å². The fraction of sp³-hybridized carbons (Fsp3) is 0.538. The highest BCUT2D eigenvalue weighted by Crippen LogP contribution is 2.27. The van der Waals surface area contributed by atoms with Crippen LogP contribution in [0.5, 0.6) is 0 Å². The third-order valence-electron chi connectivity index (χ3n) is 3.41. The lowest BCUT2D eigenvalue weighted by Gasteiger charge is -2.32. The summed E-state index contributed by atoms with van der Waals surface area (Å²) in [4.78, 5) is 16.3. The molecular formula is C13H19N3O. The van der Waals surface area contributed by atoms with E-state index in [1.165, 1.54) is 0 Å². The number of hydrogen-bond acceptors (Lipinski definition) is 3. The third-order valence-corrected chi connectivity index (χ3v) is 3.41. The van der Waals surface area contributed by atoms with Crippen molar-refractivity contribution < 1.29 is 4.79 Å². The number of nitrogens with one attached hydrogen (secondary N) is 2. The monoisotopic (exact) mass is 233 g/mol. The summed E-state index contributed by atoms with van der Waals surface area (Å²) in [5.41, 5.74) is 0.679. The van der Waals surface area contributed by atoms with Gasteiger partial charge < -0.3 is 10.6 Å². The van der Waals surface area contributed by atoms with Gasteiger partial charge in [0.05, 0.1) is 12.2 Å². The first-order valence-corrected chi connectivity index (χ1v) is 6.10. The lowest BCUT2D eigenvalue weighted by atomic mass is 9.80. The van der Waals surface area contributed by atoms with E-state index in [1.54, 1.807) is 6.20 Å². The summed E-state index contributed by atoms with van der Waals surface area (Å²) in [6.45, 7) is 4.41. The van der Waals surface area contributed by atoms with Crippen molar-refractivity contribution in [1.82, 2.24) is 15.6 Å². The molecule has 0 atom stereocenters. The Balaban J connectivity index is 1.88. The highest BCUT2D eigenvalue weighted by molar-refractivity contribution is 5.82. The molecule has 2 N–H and O–H groups in total. The van der Waals surface area contributed by atoms with Crippen molar-refractivity contribution in [1.29, 1.82) is 0 Å². The van der Waals surface area contributed by atoms with E-state index in [0.29, 0.717) is 6.54 Å². The van der Waals surface area contributed by atoms with Crippen molar-refractivity contribution in [2.24, 2.45) is 5.41 Å². The van der Waals surface area contributed by atoms with E-state index in [4.69, 9.17) is 0 Å². The van der Waals surface area contributed by atoms with Crippen molar-refractivity contribution in [3.63, 3.8) is 0 Å². The van der Waals surface area contributed by atoms with Gasteiger partial charge in [-0.15, -0.1) is 0 Å². The molecular weight excluding hydrogens is 214 g/mol. The summed E-state index contributed by atoms with van der Waals surface area (Å²) in [5.74, 6) is 0.143. The van der Waals surface area contributed by atoms with Gasteiger partial charge in [0.1, 0.15) is 0 Å². The minimum Gasteiger partial charge on any atom is -0.350 e.